The first-order chi connectivity index (χ1) is 5.13. The number of hydrogen-bond acceptors (Lipinski definition) is 3. The van der Waals surface area contributed by atoms with E-state index in [9.17, 15) is 4.79 Å². The number of ether oxygens (including phenoxy) is 1. The zero-order valence-corrected chi connectivity index (χ0v) is 7.07. The lowest BCUT2D eigenvalue weighted by Crippen LogP contribution is -2.24. The summed E-state index contributed by atoms with van der Waals surface area (Å²) in [6.07, 6.45) is 2.64. The SMILES string of the molecule is C/C=C\[C@H](C(=O)OC)[C@@H](C)O. The van der Waals surface area contributed by atoms with Gasteiger partial charge >= 0.3 is 5.97 Å². The molecule has 64 valence electrons. The molecule has 0 rings (SSSR count). The van der Waals surface area contributed by atoms with Crippen molar-refractivity contribution in [2.45, 2.75) is 20.0 Å². The number of methoxy groups -OCH3 is 1. The normalized spacial score (nSPS) is 16.4. The first kappa shape index (κ1) is 10.2. The second-order valence-corrected chi connectivity index (χ2v) is 2.32. The van der Waals surface area contributed by atoms with Gasteiger partial charge in [0.2, 0.25) is 0 Å². The summed E-state index contributed by atoms with van der Waals surface area (Å²) in [6, 6.07) is 0. The highest BCUT2D eigenvalue weighted by Gasteiger charge is 2.20. The third-order valence-electron chi connectivity index (χ3n) is 1.39. The maximum atomic E-state index is 10.9. The minimum absolute atomic E-state index is 0.405. The molecule has 0 aromatic rings. The molecule has 3 heteroatoms. The van der Waals surface area contributed by atoms with Gasteiger partial charge in [0.1, 0.15) is 5.92 Å². The second-order valence-electron chi connectivity index (χ2n) is 2.32. The van der Waals surface area contributed by atoms with Crippen molar-refractivity contribution in [3.63, 3.8) is 0 Å². The highest BCUT2D eigenvalue weighted by atomic mass is 16.5. The topological polar surface area (TPSA) is 46.5 Å². The molecule has 0 amide bonds. The summed E-state index contributed by atoms with van der Waals surface area (Å²) in [5, 5.41) is 9.09. The van der Waals surface area contributed by atoms with E-state index in [1.165, 1.54) is 7.11 Å². The Bertz CT molecular complexity index is 149. The van der Waals surface area contributed by atoms with Gasteiger partial charge < -0.3 is 9.84 Å². The number of carbonyl (C=O) groups is 1. The van der Waals surface area contributed by atoms with Gasteiger partial charge in [-0.25, -0.2) is 0 Å². The van der Waals surface area contributed by atoms with E-state index in [-0.39, 0.29) is 0 Å². The number of esters is 1. The number of hydrogen-bond donors (Lipinski definition) is 1. The Morgan fingerprint density at radius 2 is 2.18 bits per heavy atom. The largest absolute Gasteiger partial charge is 0.468 e. The van der Waals surface area contributed by atoms with Crippen LogP contribution in [0.15, 0.2) is 12.2 Å². The lowest BCUT2D eigenvalue weighted by atomic mass is 10.0. The molecule has 11 heavy (non-hydrogen) atoms. The maximum Gasteiger partial charge on any atom is 0.315 e. The average molecular weight is 158 g/mol. The van der Waals surface area contributed by atoms with E-state index in [1.807, 2.05) is 0 Å². The Morgan fingerprint density at radius 3 is 2.45 bits per heavy atom. The maximum absolute atomic E-state index is 10.9. The fraction of sp³-hybridized carbons (Fsp3) is 0.625. The fourth-order valence-corrected chi connectivity index (χ4v) is 0.780. The van der Waals surface area contributed by atoms with Gasteiger partial charge in [-0.15, -0.1) is 0 Å². The minimum Gasteiger partial charge on any atom is -0.468 e. The molecular weight excluding hydrogens is 144 g/mol. The number of allylic oxidation sites excluding steroid dienone is 1. The molecule has 2 atom stereocenters. The molecule has 0 aliphatic carbocycles. The van der Waals surface area contributed by atoms with Gasteiger partial charge in [0.05, 0.1) is 13.2 Å². The van der Waals surface area contributed by atoms with Gasteiger partial charge in [0.25, 0.3) is 0 Å². The van der Waals surface area contributed by atoms with Gasteiger partial charge in [-0.3, -0.25) is 4.79 Å². The first-order valence-electron chi connectivity index (χ1n) is 3.52. The summed E-state index contributed by atoms with van der Waals surface area (Å²) >= 11 is 0. The van der Waals surface area contributed by atoms with E-state index >= 15 is 0 Å². The molecule has 0 bridgehead atoms. The van der Waals surface area contributed by atoms with Gasteiger partial charge in [-0.05, 0) is 13.8 Å². The molecule has 0 saturated heterocycles. The lowest BCUT2D eigenvalue weighted by Gasteiger charge is -2.12. The third-order valence-corrected chi connectivity index (χ3v) is 1.39. The number of aliphatic hydroxyl groups excluding tert-OH is 1. The minimum atomic E-state index is -0.696. The van der Waals surface area contributed by atoms with Crippen LogP contribution in [0.5, 0.6) is 0 Å². The Balaban J connectivity index is 4.21. The first-order valence-corrected chi connectivity index (χ1v) is 3.52. The van der Waals surface area contributed by atoms with Gasteiger partial charge in [0, 0.05) is 0 Å². The molecule has 0 aliphatic heterocycles. The zero-order valence-electron chi connectivity index (χ0n) is 7.07. The number of aliphatic hydroxyl groups is 1. The van der Waals surface area contributed by atoms with Crippen LogP contribution < -0.4 is 0 Å². The summed E-state index contributed by atoms with van der Waals surface area (Å²) < 4.78 is 4.48. The van der Waals surface area contributed by atoms with E-state index < -0.39 is 18.0 Å². The van der Waals surface area contributed by atoms with Gasteiger partial charge in [0.15, 0.2) is 0 Å². The van der Waals surface area contributed by atoms with E-state index in [4.69, 9.17) is 5.11 Å². The summed E-state index contributed by atoms with van der Waals surface area (Å²) in [6.45, 7) is 3.35. The molecular formula is C8H14O3. The number of carbonyl (C=O) groups excluding carboxylic acids is 1. The Kier molecular flexibility index (Phi) is 4.54. The third kappa shape index (κ3) is 3.18. The molecule has 0 aliphatic rings. The molecule has 0 saturated carbocycles. The Labute approximate surface area is 66.7 Å². The molecule has 3 nitrogen and oxygen atoms in total. The Morgan fingerprint density at radius 1 is 1.64 bits per heavy atom. The van der Waals surface area contributed by atoms with Crippen LogP contribution in [0.4, 0.5) is 0 Å². The van der Waals surface area contributed by atoms with E-state index in [2.05, 4.69) is 4.74 Å². The lowest BCUT2D eigenvalue weighted by molar-refractivity contribution is -0.146. The fourth-order valence-electron chi connectivity index (χ4n) is 0.780. The van der Waals surface area contributed by atoms with Gasteiger partial charge in [-0.1, -0.05) is 12.2 Å². The summed E-state index contributed by atoms with van der Waals surface area (Å²) in [4.78, 5) is 10.9. The van der Waals surface area contributed by atoms with Crippen molar-refractivity contribution in [1.29, 1.82) is 0 Å². The van der Waals surface area contributed by atoms with Crippen molar-refractivity contribution in [1.82, 2.24) is 0 Å². The zero-order chi connectivity index (χ0) is 8.85. The highest BCUT2D eigenvalue weighted by molar-refractivity contribution is 5.74. The van der Waals surface area contributed by atoms with Crippen LogP contribution in [-0.4, -0.2) is 24.3 Å². The van der Waals surface area contributed by atoms with Crippen LogP contribution in [0.25, 0.3) is 0 Å². The Hall–Kier alpha value is -0.830. The molecule has 0 aromatic carbocycles. The van der Waals surface area contributed by atoms with Crippen LogP contribution >= 0.6 is 0 Å². The molecule has 0 spiro atoms. The van der Waals surface area contributed by atoms with Crippen molar-refractivity contribution in [3.8, 4) is 0 Å². The van der Waals surface area contributed by atoms with Crippen molar-refractivity contribution in [3.05, 3.63) is 12.2 Å². The summed E-state index contributed by atoms with van der Waals surface area (Å²) in [7, 11) is 1.31. The molecule has 0 heterocycles. The molecule has 0 fully saturated rings. The van der Waals surface area contributed by atoms with Crippen LogP contribution in [0.1, 0.15) is 13.8 Å². The molecule has 0 aromatic heterocycles. The van der Waals surface area contributed by atoms with Crippen molar-refractivity contribution < 1.29 is 14.6 Å². The highest BCUT2D eigenvalue weighted by Crippen LogP contribution is 2.07. The monoisotopic (exact) mass is 158 g/mol. The summed E-state index contributed by atoms with van der Waals surface area (Å²) in [5.74, 6) is -0.942. The van der Waals surface area contributed by atoms with E-state index in [0.717, 1.165) is 0 Å². The van der Waals surface area contributed by atoms with E-state index in [0.29, 0.717) is 0 Å². The quantitative estimate of drug-likeness (QED) is 0.486. The second kappa shape index (κ2) is 4.91. The molecule has 0 unspecified atom stereocenters. The van der Waals surface area contributed by atoms with Crippen LogP contribution in [0.3, 0.4) is 0 Å². The van der Waals surface area contributed by atoms with Crippen molar-refractivity contribution >= 4 is 5.97 Å². The van der Waals surface area contributed by atoms with Crippen LogP contribution in [-0.2, 0) is 9.53 Å². The smallest absolute Gasteiger partial charge is 0.315 e. The van der Waals surface area contributed by atoms with Crippen molar-refractivity contribution in [2.24, 2.45) is 5.92 Å². The van der Waals surface area contributed by atoms with Crippen LogP contribution in [0.2, 0.25) is 0 Å². The number of rotatable bonds is 3. The summed E-state index contributed by atoms with van der Waals surface area (Å²) in [5.41, 5.74) is 0. The molecule has 0 radical (unpaired) electrons. The van der Waals surface area contributed by atoms with Crippen molar-refractivity contribution in [2.75, 3.05) is 7.11 Å². The molecule has 1 N–H and O–H groups in total. The predicted molar refractivity (Wildman–Crippen MR) is 42.0 cm³/mol. The standard InChI is InChI=1S/C8H14O3/c1-4-5-7(6(2)9)8(10)11-3/h4-7,9H,1-3H3/b5-4-/t6-,7+/m1/s1. The average Bonchev–Trinajstić information content (AvgIpc) is 1.98. The van der Waals surface area contributed by atoms with E-state index in [1.54, 1.807) is 26.0 Å². The van der Waals surface area contributed by atoms with Crippen LogP contribution in [0, 0.1) is 5.92 Å². The van der Waals surface area contributed by atoms with Gasteiger partial charge in [-0.2, -0.15) is 0 Å². The predicted octanol–water partition coefficient (Wildman–Crippen LogP) is 0.732.